The lowest BCUT2D eigenvalue weighted by Gasteiger charge is -2.10. The highest BCUT2D eigenvalue weighted by atomic mass is 35.5. The summed E-state index contributed by atoms with van der Waals surface area (Å²) in [6.07, 6.45) is 1.01. The van der Waals surface area contributed by atoms with Crippen molar-refractivity contribution < 1.29 is 9.53 Å². The van der Waals surface area contributed by atoms with E-state index in [-0.39, 0.29) is 30.8 Å². The molecule has 0 spiro atoms. The fourth-order valence-electron chi connectivity index (χ4n) is 1.56. The Labute approximate surface area is 125 Å². The second-order valence-electron chi connectivity index (χ2n) is 4.25. The van der Waals surface area contributed by atoms with E-state index in [0.717, 1.165) is 12.0 Å². The van der Waals surface area contributed by atoms with Gasteiger partial charge in [0.2, 0.25) is 5.91 Å². The van der Waals surface area contributed by atoms with Crippen LogP contribution in [0.5, 0.6) is 5.75 Å². The van der Waals surface area contributed by atoms with Gasteiger partial charge in [-0.25, -0.2) is 0 Å². The summed E-state index contributed by atoms with van der Waals surface area (Å²) in [6, 6.07) is 5.32. The largest absolute Gasteiger partial charge is 0.496 e. The van der Waals surface area contributed by atoms with Crippen molar-refractivity contribution >= 4 is 29.9 Å². The van der Waals surface area contributed by atoms with E-state index in [1.54, 1.807) is 25.3 Å². The van der Waals surface area contributed by atoms with Crippen LogP contribution in [0, 0.1) is 0 Å². The van der Waals surface area contributed by atoms with Crippen LogP contribution in [0.25, 0.3) is 0 Å². The minimum Gasteiger partial charge on any atom is -0.496 e. The number of rotatable bonds is 6. The van der Waals surface area contributed by atoms with E-state index in [1.165, 1.54) is 0 Å². The van der Waals surface area contributed by atoms with Gasteiger partial charge in [-0.3, -0.25) is 4.79 Å². The van der Waals surface area contributed by atoms with Gasteiger partial charge in [0, 0.05) is 23.2 Å². The zero-order valence-electron chi connectivity index (χ0n) is 11.1. The van der Waals surface area contributed by atoms with Crippen molar-refractivity contribution in [3.05, 3.63) is 28.8 Å². The Morgan fingerprint density at radius 2 is 2.21 bits per heavy atom. The van der Waals surface area contributed by atoms with Crippen molar-refractivity contribution in [2.45, 2.75) is 25.8 Å². The molecule has 1 aromatic carbocycles. The number of nitrogens with two attached hydrogens (primary N) is 1. The fraction of sp³-hybridized carbons (Fsp3) is 0.462. The molecule has 4 nitrogen and oxygen atoms in total. The van der Waals surface area contributed by atoms with Crippen LogP contribution in [-0.2, 0) is 11.2 Å². The highest BCUT2D eigenvalue weighted by Gasteiger charge is 2.09. The first kappa shape index (κ1) is 18.0. The van der Waals surface area contributed by atoms with E-state index in [2.05, 4.69) is 5.32 Å². The zero-order valence-corrected chi connectivity index (χ0v) is 12.7. The summed E-state index contributed by atoms with van der Waals surface area (Å²) in [4.78, 5) is 11.7. The van der Waals surface area contributed by atoms with Crippen LogP contribution in [0.1, 0.15) is 18.9 Å². The van der Waals surface area contributed by atoms with E-state index >= 15 is 0 Å². The Morgan fingerprint density at radius 1 is 1.53 bits per heavy atom. The van der Waals surface area contributed by atoms with Gasteiger partial charge in [0.25, 0.3) is 0 Å². The lowest BCUT2D eigenvalue weighted by molar-refractivity contribution is -0.120. The molecule has 0 aromatic heterocycles. The average Bonchev–Trinajstić information content (AvgIpc) is 2.28. The molecule has 0 aliphatic rings. The Balaban J connectivity index is 0.00000324. The molecule has 1 amide bonds. The molecule has 0 radical (unpaired) electrons. The third-order valence-corrected chi connectivity index (χ3v) is 2.75. The van der Waals surface area contributed by atoms with E-state index in [4.69, 9.17) is 22.1 Å². The maximum absolute atomic E-state index is 11.7. The first-order valence-corrected chi connectivity index (χ1v) is 6.25. The Bertz CT molecular complexity index is 412. The van der Waals surface area contributed by atoms with Crippen molar-refractivity contribution in [1.82, 2.24) is 5.32 Å². The third-order valence-electron chi connectivity index (χ3n) is 2.52. The Morgan fingerprint density at radius 3 is 2.79 bits per heavy atom. The number of halogens is 2. The lowest BCUT2D eigenvalue weighted by Crippen LogP contribution is -2.30. The minimum atomic E-state index is -0.0591. The highest BCUT2D eigenvalue weighted by Crippen LogP contribution is 2.22. The smallest absolute Gasteiger partial charge is 0.224 e. The summed E-state index contributed by atoms with van der Waals surface area (Å²) in [7, 11) is 1.57. The Hall–Kier alpha value is -0.970. The molecule has 0 bridgehead atoms. The maximum Gasteiger partial charge on any atom is 0.224 e. The lowest BCUT2D eigenvalue weighted by atomic mass is 10.1. The summed E-state index contributed by atoms with van der Waals surface area (Å²) in [5.41, 5.74) is 6.39. The zero-order chi connectivity index (χ0) is 13.5. The number of carbonyl (C=O) groups excluding carboxylic acids is 1. The van der Waals surface area contributed by atoms with Crippen LogP contribution < -0.4 is 15.8 Å². The van der Waals surface area contributed by atoms with Gasteiger partial charge in [-0.15, -0.1) is 12.4 Å². The van der Waals surface area contributed by atoms with Crippen molar-refractivity contribution in [2.75, 3.05) is 13.7 Å². The van der Waals surface area contributed by atoms with Gasteiger partial charge in [-0.2, -0.15) is 0 Å². The summed E-state index contributed by atoms with van der Waals surface area (Å²) in [5.74, 6) is 0.609. The first-order valence-electron chi connectivity index (χ1n) is 5.87. The quantitative estimate of drug-likeness (QED) is 0.846. The third kappa shape index (κ3) is 6.66. The van der Waals surface area contributed by atoms with Gasteiger partial charge < -0.3 is 15.8 Å². The fourth-order valence-corrected chi connectivity index (χ4v) is 1.75. The molecular formula is C13H20Cl2N2O2. The molecule has 0 aliphatic carbocycles. The normalized spacial score (nSPS) is 11.4. The van der Waals surface area contributed by atoms with Crippen LogP contribution in [0.15, 0.2) is 18.2 Å². The number of ether oxygens (including phenoxy) is 1. The van der Waals surface area contributed by atoms with E-state index in [9.17, 15) is 4.79 Å². The van der Waals surface area contributed by atoms with E-state index < -0.39 is 0 Å². The second kappa shape index (κ2) is 9.02. The molecule has 1 unspecified atom stereocenters. The number of nitrogens with one attached hydrogen (secondary N) is 1. The standard InChI is InChI=1S/C13H19ClN2O2.ClH/c1-9(15)5-6-16-13(17)8-10-7-11(14)3-4-12(10)18-2;/h3-4,7,9H,5-6,8,15H2,1-2H3,(H,16,17);1H. The Kier molecular flexibility index (Phi) is 8.56. The van der Waals surface area contributed by atoms with Gasteiger partial charge >= 0.3 is 0 Å². The maximum atomic E-state index is 11.7. The molecule has 6 heteroatoms. The molecule has 0 saturated carbocycles. The monoisotopic (exact) mass is 306 g/mol. The van der Waals surface area contributed by atoms with Gasteiger partial charge in [0.05, 0.1) is 13.5 Å². The van der Waals surface area contributed by atoms with E-state index in [0.29, 0.717) is 17.3 Å². The van der Waals surface area contributed by atoms with Gasteiger partial charge in [-0.1, -0.05) is 11.6 Å². The molecule has 1 atom stereocenters. The SMILES string of the molecule is COc1ccc(Cl)cc1CC(=O)NCCC(C)N.Cl. The molecule has 1 aromatic rings. The van der Waals surface area contributed by atoms with Crippen LogP contribution in [0.2, 0.25) is 5.02 Å². The first-order chi connectivity index (χ1) is 8.52. The number of benzene rings is 1. The summed E-state index contributed by atoms with van der Waals surface area (Å²) in [5, 5.41) is 3.41. The van der Waals surface area contributed by atoms with Gasteiger partial charge in [0.1, 0.15) is 5.75 Å². The molecule has 3 N–H and O–H groups in total. The van der Waals surface area contributed by atoms with Crippen LogP contribution in [0.4, 0.5) is 0 Å². The highest BCUT2D eigenvalue weighted by molar-refractivity contribution is 6.30. The average molecular weight is 307 g/mol. The van der Waals surface area contributed by atoms with Crippen LogP contribution >= 0.6 is 24.0 Å². The molecular weight excluding hydrogens is 287 g/mol. The molecule has 108 valence electrons. The molecule has 0 heterocycles. The summed E-state index contributed by atoms with van der Waals surface area (Å²) in [6.45, 7) is 2.49. The topological polar surface area (TPSA) is 64.3 Å². The van der Waals surface area contributed by atoms with Crippen LogP contribution in [0.3, 0.4) is 0 Å². The van der Waals surface area contributed by atoms with Crippen molar-refractivity contribution in [3.8, 4) is 5.75 Å². The molecule has 0 aliphatic heterocycles. The predicted molar refractivity (Wildman–Crippen MR) is 80.2 cm³/mol. The van der Waals surface area contributed by atoms with Gasteiger partial charge in [-0.05, 0) is 31.5 Å². The van der Waals surface area contributed by atoms with Crippen molar-refractivity contribution in [3.63, 3.8) is 0 Å². The summed E-state index contributed by atoms with van der Waals surface area (Å²) >= 11 is 5.90. The van der Waals surface area contributed by atoms with Crippen molar-refractivity contribution in [1.29, 1.82) is 0 Å². The number of amides is 1. The molecule has 1 rings (SSSR count). The molecule has 0 saturated heterocycles. The predicted octanol–water partition coefficient (Wildman–Crippen LogP) is 2.17. The molecule has 19 heavy (non-hydrogen) atoms. The number of hydrogen-bond acceptors (Lipinski definition) is 3. The number of hydrogen-bond donors (Lipinski definition) is 2. The van der Waals surface area contributed by atoms with Gasteiger partial charge in [0.15, 0.2) is 0 Å². The molecule has 0 fully saturated rings. The van der Waals surface area contributed by atoms with Crippen molar-refractivity contribution in [2.24, 2.45) is 5.73 Å². The number of methoxy groups -OCH3 is 1. The number of carbonyl (C=O) groups is 1. The minimum absolute atomic E-state index is 0. The second-order valence-corrected chi connectivity index (χ2v) is 4.69. The van der Waals surface area contributed by atoms with Crippen LogP contribution in [-0.4, -0.2) is 25.6 Å². The summed E-state index contributed by atoms with van der Waals surface area (Å²) < 4.78 is 5.19. The van der Waals surface area contributed by atoms with E-state index in [1.807, 2.05) is 6.92 Å².